The molecular formula is C24H31FN2O2. The Kier molecular flexibility index (Phi) is 6.46. The van der Waals surface area contributed by atoms with E-state index in [0.717, 1.165) is 0 Å². The van der Waals surface area contributed by atoms with Crippen molar-refractivity contribution < 1.29 is 13.9 Å². The zero-order valence-electron chi connectivity index (χ0n) is 17.8. The van der Waals surface area contributed by atoms with Gasteiger partial charge in [-0.25, -0.2) is 4.39 Å². The van der Waals surface area contributed by atoms with E-state index in [2.05, 4.69) is 32.9 Å². The summed E-state index contributed by atoms with van der Waals surface area (Å²) in [6, 6.07) is 14.8. The molecule has 1 aliphatic rings. The molecule has 1 amide bonds. The first-order chi connectivity index (χ1) is 13.8. The number of ether oxygens (including phenoxy) is 1. The summed E-state index contributed by atoms with van der Waals surface area (Å²) in [4.78, 5) is 16.8. The van der Waals surface area contributed by atoms with Crippen LogP contribution in [0, 0.1) is 5.82 Å². The van der Waals surface area contributed by atoms with Crippen molar-refractivity contribution >= 4 is 11.6 Å². The van der Waals surface area contributed by atoms with Crippen LogP contribution in [0.1, 0.15) is 39.7 Å². The predicted molar refractivity (Wildman–Crippen MR) is 115 cm³/mol. The van der Waals surface area contributed by atoms with Crippen molar-refractivity contribution in [2.45, 2.75) is 45.6 Å². The van der Waals surface area contributed by atoms with Gasteiger partial charge in [-0.3, -0.25) is 4.79 Å². The van der Waals surface area contributed by atoms with Crippen molar-refractivity contribution in [3.05, 3.63) is 59.9 Å². The third-order valence-electron chi connectivity index (χ3n) is 5.43. The third-order valence-corrected chi connectivity index (χ3v) is 5.43. The maximum atomic E-state index is 14.0. The van der Waals surface area contributed by atoms with Crippen molar-refractivity contribution in [3.63, 3.8) is 0 Å². The highest BCUT2D eigenvalue weighted by molar-refractivity contribution is 5.81. The van der Waals surface area contributed by atoms with E-state index in [9.17, 15) is 9.18 Å². The number of hydrogen-bond donors (Lipinski definition) is 0. The molecule has 1 fully saturated rings. The summed E-state index contributed by atoms with van der Waals surface area (Å²) in [5.41, 5.74) is 1.91. The molecule has 1 atom stereocenters. The van der Waals surface area contributed by atoms with Crippen LogP contribution in [0.2, 0.25) is 0 Å². The third kappa shape index (κ3) is 5.08. The van der Waals surface area contributed by atoms with E-state index in [1.54, 1.807) is 12.1 Å². The van der Waals surface area contributed by atoms with Crippen LogP contribution in [-0.2, 0) is 10.2 Å². The maximum Gasteiger partial charge on any atom is 0.263 e. The SMILES string of the molecule is CC[C@H](Oc1ccc(C(C)(C)C)cc1)C(=O)N1CCN(c2ccccc2F)CC1. The van der Waals surface area contributed by atoms with E-state index in [0.29, 0.717) is 44.0 Å². The minimum absolute atomic E-state index is 0.000538. The van der Waals surface area contributed by atoms with E-state index >= 15 is 0 Å². The fraction of sp³-hybridized carbons (Fsp3) is 0.458. The summed E-state index contributed by atoms with van der Waals surface area (Å²) >= 11 is 0. The Balaban J connectivity index is 1.59. The van der Waals surface area contributed by atoms with Gasteiger partial charge >= 0.3 is 0 Å². The van der Waals surface area contributed by atoms with E-state index in [1.165, 1.54) is 11.6 Å². The molecule has 0 saturated carbocycles. The summed E-state index contributed by atoms with van der Waals surface area (Å²) in [7, 11) is 0. The second-order valence-corrected chi connectivity index (χ2v) is 8.55. The predicted octanol–water partition coefficient (Wildman–Crippen LogP) is 4.63. The Morgan fingerprint density at radius 2 is 1.66 bits per heavy atom. The van der Waals surface area contributed by atoms with Crippen LogP contribution >= 0.6 is 0 Å². The lowest BCUT2D eigenvalue weighted by molar-refractivity contribution is -0.139. The maximum absolute atomic E-state index is 14.0. The minimum Gasteiger partial charge on any atom is -0.481 e. The molecule has 0 unspecified atom stereocenters. The fourth-order valence-electron chi connectivity index (χ4n) is 3.59. The van der Waals surface area contributed by atoms with Gasteiger partial charge in [0, 0.05) is 26.2 Å². The largest absolute Gasteiger partial charge is 0.481 e. The molecule has 2 aromatic carbocycles. The Bertz CT molecular complexity index is 822. The number of carbonyl (C=O) groups is 1. The molecule has 0 N–H and O–H groups in total. The average molecular weight is 399 g/mol. The van der Waals surface area contributed by atoms with Crippen LogP contribution in [0.15, 0.2) is 48.5 Å². The van der Waals surface area contributed by atoms with E-state index in [-0.39, 0.29) is 17.1 Å². The van der Waals surface area contributed by atoms with Crippen LogP contribution in [0.4, 0.5) is 10.1 Å². The summed E-state index contributed by atoms with van der Waals surface area (Å²) in [5, 5.41) is 0. The first-order valence-corrected chi connectivity index (χ1v) is 10.3. The highest BCUT2D eigenvalue weighted by atomic mass is 19.1. The van der Waals surface area contributed by atoms with Crippen LogP contribution in [0.25, 0.3) is 0 Å². The number of amides is 1. The lowest BCUT2D eigenvalue weighted by Crippen LogP contribution is -2.52. The number of carbonyl (C=O) groups excluding carboxylic acids is 1. The van der Waals surface area contributed by atoms with Gasteiger partial charge < -0.3 is 14.5 Å². The number of rotatable bonds is 5. The van der Waals surface area contributed by atoms with Crippen LogP contribution in [0.3, 0.4) is 0 Å². The molecule has 1 aliphatic heterocycles. The fourth-order valence-corrected chi connectivity index (χ4v) is 3.59. The van der Waals surface area contributed by atoms with Gasteiger partial charge in [0.2, 0.25) is 0 Å². The van der Waals surface area contributed by atoms with Gasteiger partial charge in [-0.2, -0.15) is 0 Å². The number of piperazine rings is 1. The lowest BCUT2D eigenvalue weighted by Gasteiger charge is -2.37. The number of hydrogen-bond acceptors (Lipinski definition) is 3. The molecule has 0 aromatic heterocycles. The monoisotopic (exact) mass is 398 g/mol. The molecule has 156 valence electrons. The van der Waals surface area contributed by atoms with Gasteiger partial charge in [0.15, 0.2) is 6.10 Å². The Labute approximate surface area is 173 Å². The topological polar surface area (TPSA) is 32.8 Å². The summed E-state index contributed by atoms with van der Waals surface area (Å²) in [6.45, 7) is 10.8. The first-order valence-electron chi connectivity index (χ1n) is 10.3. The number of nitrogens with zero attached hydrogens (tertiary/aromatic N) is 2. The zero-order valence-corrected chi connectivity index (χ0v) is 17.8. The second kappa shape index (κ2) is 8.85. The minimum atomic E-state index is -0.504. The quantitative estimate of drug-likeness (QED) is 0.736. The number of benzene rings is 2. The van der Waals surface area contributed by atoms with Crippen molar-refractivity contribution in [2.24, 2.45) is 0 Å². The Morgan fingerprint density at radius 3 is 2.21 bits per heavy atom. The standard InChI is InChI=1S/C24H31FN2O2/c1-5-22(29-19-12-10-18(11-13-19)24(2,3)4)23(28)27-16-14-26(15-17-27)21-9-7-6-8-20(21)25/h6-13,22H,5,14-17H2,1-4H3/t22-/m0/s1. The van der Waals surface area contributed by atoms with Crippen molar-refractivity contribution in [1.82, 2.24) is 4.90 Å². The van der Waals surface area contributed by atoms with Gasteiger partial charge in [0.05, 0.1) is 5.69 Å². The van der Waals surface area contributed by atoms with Crippen molar-refractivity contribution in [3.8, 4) is 5.75 Å². The van der Waals surface area contributed by atoms with Crippen LogP contribution in [-0.4, -0.2) is 43.1 Å². The molecule has 2 aromatic rings. The first kappa shape index (κ1) is 21.2. The van der Waals surface area contributed by atoms with Gasteiger partial charge in [-0.15, -0.1) is 0 Å². The lowest BCUT2D eigenvalue weighted by atomic mass is 9.87. The van der Waals surface area contributed by atoms with E-state index < -0.39 is 6.10 Å². The molecular weight excluding hydrogens is 367 g/mol. The molecule has 0 spiro atoms. The normalized spacial score (nSPS) is 15.9. The molecule has 4 nitrogen and oxygen atoms in total. The second-order valence-electron chi connectivity index (χ2n) is 8.55. The molecule has 1 saturated heterocycles. The number of anilines is 1. The van der Waals surface area contributed by atoms with Crippen molar-refractivity contribution in [2.75, 3.05) is 31.1 Å². The van der Waals surface area contributed by atoms with Crippen LogP contribution < -0.4 is 9.64 Å². The molecule has 0 radical (unpaired) electrons. The number of halogens is 1. The van der Waals surface area contributed by atoms with Crippen molar-refractivity contribution in [1.29, 1.82) is 0 Å². The molecule has 0 aliphatic carbocycles. The summed E-state index contributed by atoms with van der Waals surface area (Å²) < 4.78 is 20.0. The van der Waals surface area contributed by atoms with Gasteiger partial charge in [-0.05, 0) is 41.7 Å². The molecule has 1 heterocycles. The van der Waals surface area contributed by atoms with Gasteiger partial charge in [0.25, 0.3) is 5.91 Å². The smallest absolute Gasteiger partial charge is 0.263 e. The number of para-hydroxylation sites is 1. The zero-order chi connectivity index (χ0) is 21.0. The molecule has 29 heavy (non-hydrogen) atoms. The molecule has 0 bridgehead atoms. The summed E-state index contributed by atoms with van der Waals surface area (Å²) in [6.07, 6.45) is 0.100. The highest BCUT2D eigenvalue weighted by Crippen LogP contribution is 2.25. The highest BCUT2D eigenvalue weighted by Gasteiger charge is 2.28. The van der Waals surface area contributed by atoms with E-state index in [4.69, 9.17) is 4.74 Å². The Hall–Kier alpha value is -2.56. The van der Waals surface area contributed by atoms with Gasteiger partial charge in [-0.1, -0.05) is 52.0 Å². The van der Waals surface area contributed by atoms with Crippen LogP contribution in [0.5, 0.6) is 5.75 Å². The Morgan fingerprint density at radius 1 is 1.03 bits per heavy atom. The molecule has 5 heteroatoms. The average Bonchev–Trinajstić information content (AvgIpc) is 2.72. The summed E-state index contributed by atoms with van der Waals surface area (Å²) in [5.74, 6) is 0.490. The van der Waals surface area contributed by atoms with E-state index in [1.807, 2.05) is 34.9 Å². The van der Waals surface area contributed by atoms with Gasteiger partial charge in [0.1, 0.15) is 11.6 Å². The molecule has 3 rings (SSSR count).